The summed E-state index contributed by atoms with van der Waals surface area (Å²) in [6.07, 6.45) is 1.72. The number of aldehydes is 1. The summed E-state index contributed by atoms with van der Waals surface area (Å²) in [6.45, 7) is 11.3. The molecule has 0 amide bonds. The SMILES string of the molecule is C[C@@H]1CN(c2ccc(F)c(F)c2N2C=C(C=O)N=C(Cl)C2CO[Si](c2ccccc2)(c2ccccc2)C(C)(C)C)C[C@H](C)O1. The van der Waals surface area contributed by atoms with Gasteiger partial charge in [-0.05, 0) is 41.4 Å². The maximum Gasteiger partial charge on any atom is 0.261 e. The van der Waals surface area contributed by atoms with Crippen LogP contribution in [0.5, 0.6) is 0 Å². The topological polar surface area (TPSA) is 54.4 Å². The Morgan fingerprint density at radius 3 is 2.07 bits per heavy atom. The average Bonchev–Trinajstić information content (AvgIpc) is 2.99. The predicted molar refractivity (Wildman–Crippen MR) is 176 cm³/mol. The van der Waals surface area contributed by atoms with Gasteiger partial charge in [0.25, 0.3) is 8.32 Å². The van der Waals surface area contributed by atoms with E-state index in [1.54, 1.807) is 6.07 Å². The second kappa shape index (κ2) is 12.9. The number of morpholine rings is 1. The molecular weight excluding hydrogens is 600 g/mol. The Bertz CT molecular complexity index is 1500. The van der Waals surface area contributed by atoms with Gasteiger partial charge in [0, 0.05) is 19.3 Å². The molecular formula is C34H38ClF2N3O3Si. The lowest BCUT2D eigenvalue weighted by Crippen LogP contribution is -2.67. The van der Waals surface area contributed by atoms with Crippen LogP contribution >= 0.6 is 11.6 Å². The molecule has 3 aromatic rings. The molecule has 0 aliphatic carbocycles. The van der Waals surface area contributed by atoms with Gasteiger partial charge in [0.2, 0.25) is 0 Å². The van der Waals surface area contributed by atoms with Gasteiger partial charge >= 0.3 is 0 Å². The summed E-state index contributed by atoms with van der Waals surface area (Å²) in [5.41, 5.74) is 0.430. The van der Waals surface area contributed by atoms with Crippen LogP contribution in [-0.2, 0) is 14.0 Å². The number of allylic oxidation sites excluding steroid dienone is 1. The van der Waals surface area contributed by atoms with Crippen molar-refractivity contribution in [2.45, 2.75) is 57.9 Å². The number of hydrogen-bond donors (Lipinski definition) is 0. The first-order valence-corrected chi connectivity index (χ1v) is 17.1. The Balaban J connectivity index is 1.63. The van der Waals surface area contributed by atoms with E-state index in [9.17, 15) is 9.18 Å². The second-order valence-electron chi connectivity index (χ2n) is 12.4. The van der Waals surface area contributed by atoms with Crippen LogP contribution in [0.3, 0.4) is 0 Å². The summed E-state index contributed by atoms with van der Waals surface area (Å²) in [6, 6.07) is 22.1. The standard InChI is InChI=1S/C34H38ClF2N3O3Si/c1-23-18-39(19-24(2)43-23)29-17-16-28(36)31(37)32(29)40-20-25(21-41)38-33(35)30(40)22-42-44(34(3,4)5,26-12-8-6-9-13-26)27-14-10-7-11-15-27/h6-17,20-21,23-24,30H,18-19,22H2,1-5H3/t23-,24+,30?. The van der Waals surface area contributed by atoms with Gasteiger partial charge in [0.1, 0.15) is 22.6 Å². The molecule has 3 aromatic carbocycles. The Morgan fingerprint density at radius 2 is 1.55 bits per heavy atom. The fourth-order valence-corrected chi connectivity index (χ4v) is 11.2. The highest BCUT2D eigenvalue weighted by molar-refractivity contribution is 6.99. The molecule has 0 spiro atoms. The van der Waals surface area contributed by atoms with E-state index >= 15 is 4.39 Å². The van der Waals surface area contributed by atoms with E-state index in [-0.39, 0.29) is 40.4 Å². The summed E-state index contributed by atoms with van der Waals surface area (Å²) in [5, 5.41) is 1.84. The van der Waals surface area contributed by atoms with Crippen LogP contribution in [0.4, 0.5) is 20.2 Å². The van der Waals surface area contributed by atoms with E-state index in [1.807, 2.05) is 55.1 Å². The quantitative estimate of drug-likeness (QED) is 0.223. The first-order chi connectivity index (χ1) is 21.0. The molecule has 2 aliphatic heterocycles. The van der Waals surface area contributed by atoms with E-state index in [4.69, 9.17) is 20.8 Å². The van der Waals surface area contributed by atoms with Crippen molar-refractivity contribution in [2.75, 3.05) is 29.5 Å². The third-order valence-corrected chi connectivity index (χ3v) is 13.5. The van der Waals surface area contributed by atoms with Crippen molar-refractivity contribution in [1.82, 2.24) is 0 Å². The molecule has 3 atom stereocenters. The summed E-state index contributed by atoms with van der Waals surface area (Å²) in [4.78, 5) is 19.7. The largest absolute Gasteiger partial charge is 0.405 e. The third kappa shape index (κ3) is 6.11. The van der Waals surface area contributed by atoms with Gasteiger partial charge in [-0.3, -0.25) is 4.79 Å². The predicted octanol–water partition coefficient (Wildman–Crippen LogP) is 6.02. The van der Waals surface area contributed by atoms with Crippen LogP contribution in [0, 0.1) is 11.6 Å². The highest BCUT2D eigenvalue weighted by atomic mass is 35.5. The smallest absolute Gasteiger partial charge is 0.261 e. The molecule has 1 unspecified atom stereocenters. The Labute approximate surface area is 264 Å². The van der Waals surface area contributed by atoms with Crippen molar-refractivity contribution in [3.05, 3.63) is 96.3 Å². The minimum Gasteiger partial charge on any atom is -0.405 e. The molecule has 2 aliphatic rings. The number of rotatable bonds is 8. The lowest BCUT2D eigenvalue weighted by molar-refractivity contribution is -0.105. The van der Waals surface area contributed by atoms with Gasteiger partial charge in [-0.1, -0.05) is 93.0 Å². The first-order valence-electron chi connectivity index (χ1n) is 14.8. The van der Waals surface area contributed by atoms with Crippen LogP contribution in [0.1, 0.15) is 34.6 Å². The molecule has 5 rings (SSSR count). The van der Waals surface area contributed by atoms with E-state index < -0.39 is 26.0 Å². The normalized spacial score (nSPS) is 21.1. The van der Waals surface area contributed by atoms with Gasteiger partial charge in [-0.2, -0.15) is 0 Å². The number of carbonyl (C=O) groups excluding carboxylic acids is 1. The van der Waals surface area contributed by atoms with Crippen LogP contribution in [0.2, 0.25) is 5.04 Å². The van der Waals surface area contributed by atoms with Gasteiger partial charge in [0.05, 0.1) is 24.5 Å². The van der Waals surface area contributed by atoms with Crippen LogP contribution in [-0.4, -0.2) is 57.7 Å². The molecule has 0 aromatic heterocycles. The van der Waals surface area contributed by atoms with Crippen molar-refractivity contribution in [1.29, 1.82) is 0 Å². The number of benzene rings is 3. The lowest BCUT2D eigenvalue weighted by Gasteiger charge is -2.45. The summed E-state index contributed by atoms with van der Waals surface area (Å²) in [5.74, 6) is -2.05. The van der Waals surface area contributed by atoms with E-state index in [0.717, 1.165) is 16.4 Å². The highest BCUT2D eigenvalue weighted by Crippen LogP contribution is 2.40. The summed E-state index contributed by atoms with van der Waals surface area (Å²) in [7, 11) is -3.03. The summed E-state index contributed by atoms with van der Waals surface area (Å²) < 4.78 is 44.1. The van der Waals surface area contributed by atoms with Crippen molar-refractivity contribution < 1.29 is 22.7 Å². The van der Waals surface area contributed by atoms with Crippen LogP contribution < -0.4 is 20.2 Å². The summed E-state index contributed by atoms with van der Waals surface area (Å²) >= 11 is 6.81. The number of ether oxygens (including phenoxy) is 1. The molecule has 232 valence electrons. The monoisotopic (exact) mass is 637 g/mol. The highest BCUT2D eigenvalue weighted by Gasteiger charge is 2.51. The molecule has 0 bridgehead atoms. The van der Waals surface area contributed by atoms with Gasteiger partial charge in [-0.25, -0.2) is 13.8 Å². The first kappa shape index (κ1) is 32.0. The van der Waals surface area contributed by atoms with E-state index in [1.165, 1.54) is 11.1 Å². The maximum absolute atomic E-state index is 16.0. The van der Waals surface area contributed by atoms with E-state index in [2.05, 4.69) is 50.0 Å². The molecule has 0 saturated carbocycles. The fraction of sp³-hybridized carbons (Fsp3) is 0.353. The fourth-order valence-electron chi connectivity index (χ4n) is 6.37. The Morgan fingerprint density at radius 1 is 0.977 bits per heavy atom. The minimum absolute atomic E-state index is 0.00353. The molecule has 1 fully saturated rings. The Kier molecular flexibility index (Phi) is 9.41. The van der Waals surface area contributed by atoms with Crippen LogP contribution in [0.25, 0.3) is 0 Å². The van der Waals surface area contributed by atoms with Gasteiger partial charge in [0.15, 0.2) is 17.9 Å². The third-order valence-electron chi connectivity index (χ3n) is 8.18. The van der Waals surface area contributed by atoms with Crippen molar-refractivity contribution in [3.63, 3.8) is 0 Å². The molecule has 0 N–H and O–H groups in total. The molecule has 0 radical (unpaired) electrons. The molecule has 2 heterocycles. The number of aliphatic imine (C=N–C) groups is 1. The molecule has 44 heavy (non-hydrogen) atoms. The molecule has 10 heteroatoms. The average molecular weight is 638 g/mol. The molecule has 1 saturated heterocycles. The number of anilines is 2. The number of halogens is 3. The molecule has 6 nitrogen and oxygen atoms in total. The zero-order valence-corrected chi connectivity index (χ0v) is 27.4. The van der Waals surface area contributed by atoms with Crippen molar-refractivity contribution in [3.8, 4) is 0 Å². The van der Waals surface area contributed by atoms with Gasteiger partial charge < -0.3 is 19.0 Å². The lowest BCUT2D eigenvalue weighted by atomic mass is 10.1. The van der Waals surface area contributed by atoms with Crippen molar-refractivity contribution in [2.24, 2.45) is 4.99 Å². The maximum atomic E-state index is 16.0. The number of hydrogen-bond acceptors (Lipinski definition) is 6. The zero-order chi connectivity index (χ0) is 31.6. The Hall–Kier alpha value is -3.37. The van der Waals surface area contributed by atoms with Crippen LogP contribution in [0.15, 0.2) is 89.7 Å². The van der Waals surface area contributed by atoms with Crippen molar-refractivity contribution >= 4 is 53.1 Å². The number of carbonyl (C=O) groups is 1. The van der Waals surface area contributed by atoms with E-state index in [0.29, 0.717) is 25.1 Å². The second-order valence-corrected chi connectivity index (χ2v) is 17.1. The number of nitrogens with zero attached hydrogens (tertiary/aromatic N) is 3. The minimum atomic E-state index is -3.03. The zero-order valence-electron chi connectivity index (χ0n) is 25.6. The van der Waals surface area contributed by atoms with Gasteiger partial charge in [-0.15, -0.1) is 0 Å².